The van der Waals surface area contributed by atoms with Crippen LogP contribution in [0.1, 0.15) is 116 Å². The molecule has 1 aliphatic heterocycles. The van der Waals surface area contributed by atoms with E-state index in [1.54, 1.807) is 0 Å². The zero-order valence-corrected chi connectivity index (χ0v) is 47.3. The Labute approximate surface area is 474 Å². The minimum atomic E-state index is -0.567. The molecule has 0 saturated heterocycles. The molecule has 6 heteroatoms. The van der Waals surface area contributed by atoms with Gasteiger partial charge in [0.15, 0.2) is 0 Å². The van der Waals surface area contributed by atoms with Crippen LogP contribution in [0.25, 0.3) is 94.5 Å². The summed E-state index contributed by atoms with van der Waals surface area (Å²) < 4.78 is 88.8. The SMILES string of the molecule is [2H]c1c([2H])c([2H])c2c(c1[2H])-c1cccc(C(C)(C)C)c1-[n+]1[c-]n(-c3[c-]c(Oc4[c-]c5c(cc4)c4ccccc4n5-c4cc(C(C)(C)C)ccn4)ccc3)c3cc(-c4cc(C(C)(C)C)cc(C(C)(C)C)c4)cc(c31)-c1c([2H])c([2H])c([2H])c([2H])c1-2.[Pt]. The molecule has 0 aliphatic carbocycles. The number of rotatable bonds is 5. The van der Waals surface area contributed by atoms with Crippen LogP contribution in [0.3, 0.4) is 0 Å². The Bertz CT molecular complexity index is 4540. The molecule has 0 atom stereocenters. The molecular formula is C70H64N4OPt-2. The molecule has 0 radical (unpaired) electrons. The summed E-state index contributed by atoms with van der Waals surface area (Å²) in [5, 5.41) is 2.05. The van der Waals surface area contributed by atoms with Crippen LogP contribution >= 0.6 is 0 Å². The molecule has 8 aromatic carbocycles. The Morgan fingerprint density at radius 2 is 1.12 bits per heavy atom. The third-order valence-corrected chi connectivity index (χ3v) is 14.6. The van der Waals surface area contributed by atoms with Gasteiger partial charge in [-0.15, -0.1) is 29.7 Å². The fraction of sp³-hybridized carbons (Fsp3) is 0.229. The number of ether oxygens (including phenoxy) is 1. The molecule has 11 aromatic rings. The Balaban J connectivity index is 0.00000736. The Morgan fingerprint density at radius 3 is 1.78 bits per heavy atom. The molecule has 0 fully saturated rings. The van der Waals surface area contributed by atoms with E-state index in [4.69, 9.17) is 12.5 Å². The number of hydrogen-bond donors (Lipinski definition) is 0. The molecule has 0 unspecified atom stereocenters. The van der Waals surface area contributed by atoms with Gasteiger partial charge in [0.1, 0.15) is 5.82 Å². The molecule has 5 nitrogen and oxygen atoms in total. The van der Waals surface area contributed by atoms with Gasteiger partial charge in [0.25, 0.3) is 6.33 Å². The fourth-order valence-electron chi connectivity index (χ4n) is 10.5. The van der Waals surface area contributed by atoms with E-state index >= 15 is 0 Å². The fourth-order valence-corrected chi connectivity index (χ4v) is 10.5. The standard InChI is InChI=1S/C70H64N4O.Pt/c1-67(2,3)46-33-34-71-64(40-46)74-61-30-18-17-27-56(61)57-32-31-51(42-62(57)74)75-50-22-19-21-49(41-50)72-43-73-65-58(28-20-29-60(65)70(10,11)12)54-25-15-13-23-52(54)53-24-14-16-26-55(53)59-37-45(38-63(72)66(59)73)44-35-47(68(4,5)6)39-48(36-44)69(7,8)9;/h13-40H,1-12H3;/q-2;/i13D,14D,15D,16D,23D,24D,25D,26D;. The van der Waals surface area contributed by atoms with Gasteiger partial charge in [0.05, 0.1) is 27.7 Å². The Kier molecular flexibility index (Phi) is 10.2. The molecule has 0 saturated carbocycles. The molecule has 0 amide bonds. The Morgan fingerprint density at radius 1 is 0.513 bits per heavy atom. The number of benzene rings is 8. The minimum absolute atomic E-state index is 0. The van der Waals surface area contributed by atoms with Gasteiger partial charge in [0.2, 0.25) is 0 Å². The largest absolute Gasteiger partial charge is 0.510 e. The van der Waals surface area contributed by atoms with Crippen molar-refractivity contribution in [2.45, 2.75) is 105 Å². The maximum absolute atomic E-state index is 9.97. The number of fused-ring (bicyclic) bond motifs is 10. The predicted molar refractivity (Wildman–Crippen MR) is 310 cm³/mol. The number of para-hydroxylation sites is 2. The van der Waals surface area contributed by atoms with Crippen LogP contribution in [0.2, 0.25) is 0 Å². The van der Waals surface area contributed by atoms with Crippen LogP contribution in [0.4, 0.5) is 0 Å². The smallest absolute Gasteiger partial charge is 0.268 e. The van der Waals surface area contributed by atoms with Crippen molar-refractivity contribution in [2.75, 3.05) is 0 Å². The molecule has 3 aromatic heterocycles. The van der Waals surface area contributed by atoms with E-state index in [-0.39, 0.29) is 71.6 Å². The van der Waals surface area contributed by atoms with E-state index in [9.17, 15) is 8.22 Å². The topological polar surface area (TPSA) is 35.9 Å². The van der Waals surface area contributed by atoms with Gasteiger partial charge in [-0.05, 0) is 124 Å². The van der Waals surface area contributed by atoms with Gasteiger partial charge in [0, 0.05) is 44.3 Å². The van der Waals surface area contributed by atoms with Gasteiger partial charge < -0.3 is 13.9 Å². The zero-order valence-electron chi connectivity index (χ0n) is 53.1. The van der Waals surface area contributed by atoms with Gasteiger partial charge in [-0.25, -0.2) is 4.98 Å². The monoisotopic (exact) mass is 1180 g/mol. The summed E-state index contributed by atoms with van der Waals surface area (Å²) in [6.07, 6.45) is 5.61. The maximum Gasteiger partial charge on any atom is 0.268 e. The van der Waals surface area contributed by atoms with Crippen molar-refractivity contribution in [3.8, 4) is 73.2 Å². The molecule has 0 spiro atoms. The number of hydrogen-bond acceptors (Lipinski definition) is 2. The quantitative estimate of drug-likeness (QED) is 0.127. The second-order valence-electron chi connectivity index (χ2n) is 24.0. The van der Waals surface area contributed by atoms with Gasteiger partial charge in [-0.2, -0.15) is 18.2 Å². The van der Waals surface area contributed by atoms with E-state index in [2.05, 4.69) is 161 Å². The number of imidazole rings is 1. The summed E-state index contributed by atoms with van der Waals surface area (Å²) in [6, 6.07) is 42.2. The first kappa shape index (κ1) is 41.9. The van der Waals surface area contributed by atoms with Crippen LogP contribution in [0, 0.1) is 18.5 Å². The van der Waals surface area contributed by atoms with E-state index in [1.807, 2.05) is 76.0 Å². The third kappa shape index (κ3) is 8.81. The molecule has 0 N–H and O–H groups in total. The van der Waals surface area contributed by atoms with Crippen molar-refractivity contribution in [1.29, 1.82) is 0 Å². The molecule has 0 bridgehead atoms. The third-order valence-electron chi connectivity index (χ3n) is 14.6. The summed E-state index contributed by atoms with van der Waals surface area (Å²) in [6.45, 7) is 25.9. The predicted octanol–water partition coefficient (Wildman–Crippen LogP) is 17.8. The minimum Gasteiger partial charge on any atom is -0.510 e. The number of pyridine rings is 1. The summed E-state index contributed by atoms with van der Waals surface area (Å²) in [7, 11) is 0. The first-order valence-corrected chi connectivity index (χ1v) is 25.7. The Hall–Kier alpha value is -7.33. The average Bonchev–Trinajstić information content (AvgIpc) is 1.48. The molecule has 4 heterocycles. The first-order chi connectivity index (χ1) is 39.0. The van der Waals surface area contributed by atoms with Crippen molar-refractivity contribution in [1.82, 2.24) is 14.1 Å². The van der Waals surface area contributed by atoms with Crippen molar-refractivity contribution < 1.29 is 41.3 Å². The normalized spacial score (nSPS) is 14.1. The van der Waals surface area contributed by atoms with Crippen molar-refractivity contribution in [3.63, 3.8) is 0 Å². The molecule has 12 rings (SSSR count). The van der Waals surface area contributed by atoms with Crippen LogP contribution in [0.5, 0.6) is 11.5 Å². The molecule has 1 aliphatic rings. The molecular weight excluding hydrogens is 1110 g/mol. The summed E-state index contributed by atoms with van der Waals surface area (Å²) >= 11 is 0. The van der Waals surface area contributed by atoms with E-state index < -0.39 is 41.7 Å². The maximum atomic E-state index is 9.97. The van der Waals surface area contributed by atoms with Crippen LogP contribution < -0.4 is 9.30 Å². The van der Waals surface area contributed by atoms with Crippen molar-refractivity contribution >= 4 is 32.8 Å². The second-order valence-corrected chi connectivity index (χ2v) is 24.0. The van der Waals surface area contributed by atoms with E-state index in [0.717, 1.165) is 61.0 Å². The summed E-state index contributed by atoms with van der Waals surface area (Å²) in [4.78, 5) is 4.88. The van der Waals surface area contributed by atoms with Gasteiger partial charge in [-0.1, -0.05) is 198 Å². The number of aromatic nitrogens is 4. The molecule has 382 valence electrons. The van der Waals surface area contributed by atoms with E-state index in [0.29, 0.717) is 45.0 Å². The summed E-state index contributed by atoms with van der Waals surface area (Å²) in [5.74, 6) is 1.61. The van der Waals surface area contributed by atoms with Gasteiger partial charge >= 0.3 is 0 Å². The first-order valence-electron chi connectivity index (χ1n) is 29.7. The van der Waals surface area contributed by atoms with Crippen LogP contribution in [-0.2, 0) is 42.7 Å². The van der Waals surface area contributed by atoms with Crippen LogP contribution in [0.15, 0.2) is 170 Å². The molecule has 76 heavy (non-hydrogen) atoms. The second kappa shape index (κ2) is 18.5. The number of nitrogens with zero attached hydrogens (tertiary/aromatic N) is 4. The zero-order chi connectivity index (χ0) is 59.3. The average molecular weight is 1180 g/mol. The van der Waals surface area contributed by atoms with Gasteiger partial charge in [-0.3, -0.25) is 4.57 Å². The van der Waals surface area contributed by atoms with E-state index in [1.165, 1.54) is 0 Å². The van der Waals surface area contributed by atoms with Crippen molar-refractivity contribution in [2.24, 2.45) is 0 Å². The van der Waals surface area contributed by atoms with Crippen molar-refractivity contribution in [3.05, 3.63) is 211 Å². The summed E-state index contributed by atoms with van der Waals surface area (Å²) in [5.41, 5.74) is 9.65. The van der Waals surface area contributed by atoms with Crippen LogP contribution in [-0.4, -0.2) is 14.1 Å².